The van der Waals surface area contributed by atoms with Crippen LogP contribution in [0.1, 0.15) is 23.7 Å². The summed E-state index contributed by atoms with van der Waals surface area (Å²) in [5.74, 6) is 1.43. The Morgan fingerprint density at radius 1 is 0.440 bits per heavy atom. The van der Waals surface area contributed by atoms with Gasteiger partial charge in [-0.05, 0) is 70.8 Å². The number of pyridine rings is 2. The van der Waals surface area contributed by atoms with Crippen molar-refractivity contribution in [3.8, 4) is 67.4 Å². The summed E-state index contributed by atoms with van der Waals surface area (Å²) >= 11 is 0. The van der Waals surface area contributed by atoms with Gasteiger partial charge in [0.25, 0.3) is 0 Å². The third-order valence-electron chi connectivity index (χ3n) is 9.12. The summed E-state index contributed by atoms with van der Waals surface area (Å²) in [5.41, 5.74) is 11.1. The Kier molecular flexibility index (Phi) is 9.07. The van der Waals surface area contributed by atoms with Crippen molar-refractivity contribution in [2.24, 2.45) is 0 Å². The molecule has 8 rings (SSSR count). The highest BCUT2D eigenvalue weighted by molar-refractivity contribution is 5.97. The Morgan fingerprint density at radius 2 is 0.840 bits per heavy atom. The van der Waals surface area contributed by atoms with Gasteiger partial charge in [0.15, 0.2) is 12.6 Å². The fourth-order valence-electron chi connectivity index (χ4n) is 6.81. The van der Waals surface area contributed by atoms with Crippen LogP contribution in [0.25, 0.3) is 55.9 Å². The summed E-state index contributed by atoms with van der Waals surface area (Å²) < 4.78 is 35.4. The Hall–Kier alpha value is -5.38. The predicted molar refractivity (Wildman–Crippen MR) is 192 cm³/mol. The van der Waals surface area contributed by atoms with Crippen molar-refractivity contribution in [1.29, 1.82) is 0 Å². The molecule has 0 N–H and O–H groups in total. The van der Waals surface area contributed by atoms with Crippen molar-refractivity contribution in [3.63, 3.8) is 0 Å². The molecule has 0 spiro atoms. The highest BCUT2D eigenvalue weighted by Crippen LogP contribution is 2.46. The van der Waals surface area contributed by atoms with Crippen LogP contribution in [0, 0.1) is 0 Å². The zero-order valence-electron chi connectivity index (χ0n) is 27.9. The lowest BCUT2D eigenvalue weighted by Crippen LogP contribution is -2.03. The number of nitrogens with zero attached hydrogens (tertiary/aromatic N) is 2. The van der Waals surface area contributed by atoms with Crippen LogP contribution < -0.4 is 9.47 Å². The minimum Gasteiger partial charge on any atom is -0.497 e. The van der Waals surface area contributed by atoms with Gasteiger partial charge in [-0.15, -0.1) is 0 Å². The smallest absolute Gasteiger partial charge is 0.184 e. The molecular weight excluding hydrogens is 628 g/mol. The van der Waals surface area contributed by atoms with Crippen LogP contribution in [0.15, 0.2) is 122 Å². The molecule has 0 bridgehead atoms. The third-order valence-corrected chi connectivity index (χ3v) is 9.12. The van der Waals surface area contributed by atoms with Crippen LogP contribution in [-0.4, -0.2) is 50.6 Å². The van der Waals surface area contributed by atoms with Crippen LogP contribution in [0.2, 0.25) is 0 Å². The number of benzene rings is 4. The average Bonchev–Trinajstić information content (AvgIpc) is 3.94. The van der Waals surface area contributed by atoms with E-state index in [0.29, 0.717) is 37.9 Å². The molecule has 8 heteroatoms. The molecule has 250 valence electrons. The minimum absolute atomic E-state index is 0.440. The van der Waals surface area contributed by atoms with Crippen molar-refractivity contribution in [2.45, 2.75) is 12.6 Å². The van der Waals surface area contributed by atoms with Crippen LogP contribution in [0.3, 0.4) is 0 Å². The number of methoxy groups -OCH3 is 2. The highest BCUT2D eigenvalue weighted by atomic mass is 16.7. The number of aromatic nitrogens is 2. The molecule has 2 saturated heterocycles. The van der Waals surface area contributed by atoms with Crippen LogP contribution in [0.5, 0.6) is 11.5 Å². The van der Waals surface area contributed by atoms with Gasteiger partial charge in [-0.25, -0.2) is 0 Å². The van der Waals surface area contributed by atoms with E-state index >= 15 is 0 Å². The fraction of sp³-hybridized carbons (Fsp3) is 0.190. The zero-order chi connectivity index (χ0) is 33.9. The molecule has 2 aliphatic heterocycles. The molecule has 4 heterocycles. The van der Waals surface area contributed by atoms with E-state index in [0.717, 1.165) is 67.0 Å². The van der Waals surface area contributed by atoms with Crippen LogP contribution in [0.4, 0.5) is 0 Å². The molecule has 50 heavy (non-hydrogen) atoms. The molecule has 2 aromatic heterocycles. The van der Waals surface area contributed by atoms with Crippen molar-refractivity contribution >= 4 is 0 Å². The maximum absolute atomic E-state index is 5.95. The quantitative estimate of drug-likeness (QED) is 0.152. The Bertz CT molecular complexity index is 1990. The summed E-state index contributed by atoms with van der Waals surface area (Å²) in [5, 5.41) is 0. The highest BCUT2D eigenvalue weighted by Gasteiger charge is 2.27. The topological polar surface area (TPSA) is 81.2 Å². The van der Waals surface area contributed by atoms with E-state index in [1.54, 1.807) is 14.2 Å². The van der Waals surface area contributed by atoms with Crippen molar-refractivity contribution in [3.05, 3.63) is 133 Å². The standard InChI is InChI=1S/C42H36N2O6/c1-45-27-15-17-33(39-31(13-7-19-43-39)29-9-3-5-11-35(29)41-47-21-22-48-41)37(25-27)38-26-28(46-2)16-18-34(38)40-32(14-8-20-44-40)30-10-4-6-12-36(30)42-49-23-24-50-42/h3-20,25-26,41-42H,21-24H2,1-2H3. The first-order chi connectivity index (χ1) is 24.7. The minimum atomic E-state index is -0.440. The zero-order valence-corrected chi connectivity index (χ0v) is 27.9. The maximum Gasteiger partial charge on any atom is 0.184 e. The van der Waals surface area contributed by atoms with Gasteiger partial charge in [-0.2, -0.15) is 0 Å². The number of ether oxygens (including phenoxy) is 6. The van der Waals surface area contributed by atoms with Crippen molar-refractivity contribution < 1.29 is 28.4 Å². The van der Waals surface area contributed by atoms with E-state index in [1.165, 1.54) is 0 Å². The number of hydrogen-bond donors (Lipinski definition) is 0. The molecule has 0 radical (unpaired) electrons. The molecule has 0 amide bonds. The van der Waals surface area contributed by atoms with E-state index in [9.17, 15) is 0 Å². The summed E-state index contributed by atoms with van der Waals surface area (Å²) in [7, 11) is 3.35. The van der Waals surface area contributed by atoms with Crippen molar-refractivity contribution in [2.75, 3.05) is 40.6 Å². The lowest BCUT2D eigenvalue weighted by molar-refractivity contribution is -0.0438. The normalized spacial score (nSPS) is 15.0. The molecule has 6 aromatic rings. The summed E-state index contributed by atoms with van der Waals surface area (Å²) in [4.78, 5) is 10.0. The molecule has 0 saturated carbocycles. The van der Waals surface area contributed by atoms with Gasteiger partial charge in [0.1, 0.15) is 11.5 Å². The monoisotopic (exact) mass is 664 g/mol. The van der Waals surface area contributed by atoms with Crippen molar-refractivity contribution in [1.82, 2.24) is 9.97 Å². The van der Waals surface area contributed by atoms with Gasteiger partial charge < -0.3 is 28.4 Å². The Morgan fingerprint density at radius 3 is 1.26 bits per heavy atom. The van der Waals surface area contributed by atoms with Gasteiger partial charge in [-0.3, -0.25) is 9.97 Å². The molecule has 2 fully saturated rings. The molecule has 2 aliphatic rings. The van der Waals surface area contributed by atoms with E-state index < -0.39 is 12.6 Å². The van der Waals surface area contributed by atoms with E-state index in [1.807, 2.05) is 60.9 Å². The molecule has 0 aliphatic carbocycles. The lowest BCUT2D eigenvalue weighted by Gasteiger charge is -2.21. The third kappa shape index (κ3) is 6.03. The first kappa shape index (κ1) is 31.9. The van der Waals surface area contributed by atoms with Crippen LogP contribution >= 0.6 is 0 Å². The number of rotatable bonds is 9. The first-order valence-electron chi connectivity index (χ1n) is 16.7. The van der Waals surface area contributed by atoms with E-state index in [2.05, 4.69) is 60.7 Å². The molecule has 0 unspecified atom stereocenters. The van der Waals surface area contributed by atoms with E-state index in [-0.39, 0.29) is 0 Å². The van der Waals surface area contributed by atoms with E-state index in [4.69, 9.17) is 38.4 Å². The fourth-order valence-corrected chi connectivity index (χ4v) is 6.81. The molecule has 8 nitrogen and oxygen atoms in total. The van der Waals surface area contributed by atoms with Gasteiger partial charge in [0, 0.05) is 45.8 Å². The second-order valence-corrected chi connectivity index (χ2v) is 11.9. The average molecular weight is 665 g/mol. The van der Waals surface area contributed by atoms with Gasteiger partial charge in [-0.1, -0.05) is 60.7 Å². The van der Waals surface area contributed by atoms with Gasteiger partial charge >= 0.3 is 0 Å². The Balaban J connectivity index is 1.34. The Labute approximate surface area is 291 Å². The summed E-state index contributed by atoms with van der Waals surface area (Å²) in [6, 6.07) is 36.7. The molecule has 4 aromatic carbocycles. The summed E-state index contributed by atoms with van der Waals surface area (Å²) in [6.45, 7) is 2.23. The summed E-state index contributed by atoms with van der Waals surface area (Å²) in [6.07, 6.45) is 2.77. The molecular formula is C42H36N2O6. The van der Waals surface area contributed by atoms with Gasteiger partial charge in [0.2, 0.25) is 0 Å². The second-order valence-electron chi connectivity index (χ2n) is 11.9. The largest absolute Gasteiger partial charge is 0.497 e. The lowest BCUT2D eigenvalue weighted by atomic mass is 9.87. The maximum atomic E-state index is 5.95. The SMILES string of the molecule is COc1ccc(-c2ncccc2-c2ccccc2C2OCCO2)c(-c2cc(OC)ccc2-c2ncccc2-c2ccccc2C2OCCO2)c1. The number of hydrogen-bond acceptors (Lipinski definition) is 8. The second kappa shape index (κ2) is 14.2. The van der Waals surface area contributed by atoms with Crippen LogP contribution in [-0.2, 0) is 18.9 Å². The molecule has 0 atom stereocenters. The predicted octanol–water partition coefficient (Wildman–Crippen LogP) is 8.92. The van der Waals surface area contributed by atoms with Gasteiger partial charge in [0.05, 0.1) is 52.0 Å². The first-order valence-corrected chi connectivity index (χ1v) is 16.7.